The maximum Gasteiger partial charge on any atom is 0.167 e. The molecular weight excluding hydrogens is 446 g/mol. The number of para-hydroxylation sites is 1. The highest BCUT2D eigenvalue weighted by molar-refractivity contribution is 7.90. The predicted octanol–water partition coefficient (Wildman–Crippen LogP) is 5.23. The molecule has 1 unspecified atom stereocenters. The summed E-state index contributed by atoms with van der Waals surface area (Å²) >= 11 is -1.23. The first-order valence-corrected chi connectivity index (χ1v) is 12.4. The van der Waals surface area contributed by atoms with Crippen molar-refractivity contribution in [2.75, 3.05) is 0 Å². The van der Waals surface area contributed by atoms with Crippen LogP contribution in [0.5, 0.6) is 0 Å². The van der Waals surface area contributed by atoms with Gasteiger partial charge < -0.3 is 9.08 Å². The van der Waals surface area contributed by atoms with E-state index in [0.717, 1.165) is 44.7 Å². The van der Waals surface area contributed by atoms with E-state index in [9.17, 15) is 4.55 Å². The summed E-state index contributed by atoms with van der Waals surface area (Å²) in [6, 6.07) is 21.5. The number of hydrogen-bond acceptors (Lipinski definition) is 6. The normalized spacial score (nSPS) is 13.4. The van der Waals surface area contributed by atoms with Crippen molar-refractivity contribution in [3.8, 4) is 22.5 Å². The first kappa shape index (κ1) is 22.3. The van der Waals surface area contributed by atoms with E-state index in [-0.39, 0.29) is 11.3 Å². The van der Waals surface area contributed by atoms with Gasteiger partial charge in [0.15, 0.2) is 5.58 Å². The Hall–Kier alpha value is -3.46. The van der Waals surface area contributed by atoms with E-state index in [4.69, 9.17) is 9.51 Å². The summed E-state index contributed by atoms with van der Waals surface area (Å²) in [5.41, 5.74) is 6.09. The van der Waals surface area contributed by atoms with Gasteiger partial charge in [-0.25, -0.2) is 0 Å². The third-order valence-corrected chi connectivity index (χ3v) is 7.04. The number of benzene rings is 2. The van der Waals surface area contributed by atoms with Gasteiger partial charge in [0.1, 0.15) is 10.9 Å². The van der Waals surface area contributed by atoms with Crippen LogP contribution in [-0.2, 0) is 17.8 Å². The van der Waals surface area contributed by atoms with Crippen molar-refractivity contribution >= 4 is 22.3 Å². The van der Waals surface area contributed by atoms with Crippen molar-refractivity contribution in [2.24, 2.45) is 0 Å². The first-order chi connectivity index (χ1) is 16.6. The average molecular weight is 472 g/mol. The molecule has 3 heterocycles. The summed E-state index contributed by atoms with van der Waals surface area (Å²) < 4.78 is 21.8. The van der Waals surface area contributed by atoms with E-state index in [1.54, 1.807) is 6.20 Å². The Morgan fingerprint density at radius 3 is 2.68 bits per heavy atom. The van der Waals surface area contributed by atoms with Crippen molar-refractivity contribution in [1.82, 2.24) is 25.1 Å². The van der Waals surface area contributed by atoms with Crippen LogP contribution in [0.2, 0.25) is 0 Å². The number of aromatic nitrogens is 4. The van der Waals surface area contributed by atoms with E-state index in [2.05, 4.69) is 20.1 Å². The van der Waals surface area contributed by atoms with Crippen LogP contribution in [0, 0.1) is 0 Å². The second-order valence-corrected chi connectivity index (χ2v) is 10.1. The molecule has 8 heteroatoms. The van der Waals surface area contributed by atoms with Gasteiger partial charge in [-0.3, -0.25) is 10.1 Å². The number of nitrogens with one attached hydrogen (secondary N) is 2. The molecule has 34 heavy (non-hydrogen) atoms. The molecule has 0 aliphatic heterocycles. The van der Waals surface area contributed by atoms with Crippen LogP contribution in [0.3, 0.4) is 0 Å². The maximum absolute atomic E-state index is 12.9. The van der Waals surface area contributed by atoms with Gasteiger partial charge >= 0.3 is 0 Å². The lowest BCUT2D eigenvalue weighted by molar-refractivity contribution is 0.459. The Balaban J connectivity index is 1.56. The van der Waals surface area contributed by atoms with Crippen molar-refractivity contribution in [2.45, 2.75) is 31.6 Å². The van der Waals surface area contributed by atoms with E-state index >= 15 is 0 Å². The standard InChI is InChI=1S/C26H25N5O2S/c1-17(2)34(32)31-24(14-19-8-7-12-23(29-19)18-15-27-28-16-18)20-9-3-4-10-21(20)26-22-11-5-6-13-25(22)33-30-26/h3-13,15-17,24,31H,14H2,1-2H3,(H,27,28)/t24-,34?/m0/s1. The average Bonchev–Trinajstić information content (AvgIpc) is 3.54. The van der Waals surface area contributed by atoms with Crippen LogP contribution in [-0.4, -0.2) is 30.1 Å². The molecule has 0 aliphatic carbocycles. The summed E-state index contributed by atoms with van der Waals surface area (Å²) in [5.74, 6) is 0. The fourth-order valence-electron chi connectivity index (χ4n) is 3.94. The lowest BCUT2D eigenvalue weighted by Crippen LogP contribution is -2.35. The highest BCUT2D eigenvalue weighted by Crippen LogP contribution is 2.34. The Morgan fingerprint density at radius 2 is 1.85 bits per heavy atom. The molecule has 0 saturated carbocycles. The zero-order valence-electron chi connectivity index (χ0n) is 18.9. The SMILES string of the molecule is CC(C)[S+]([O-])N[C@@H](Cc1cccc(-c2cn[nH]c2)n1)c1ccccc1-c1noc2ccccc12. The van der Waals surface area contributed by atoms with Crippen molar-refractivity contribution in [3.05, 3.63) is 90.4 Å². The summed E-state index contributed by atoms with van der Waals surface area (Å²) in [6.45, 7) is 3.88. The van der Waals surface area contributed by atoms with E-state index in [0.29, 0.717) is 6.42 Å². The molecule has 3 aromatic heterocycles. The third-order valence-electron chi connectivity index (χ3n) is 5.67. The van der Waals surface area contributed by atoms with E-state index in [1.165, 1.54) is 0 Å². The predicted molar refractivity (Wildman–Crippen MR) is 134 cm³/mol. The van der Waals surface area contributed by atoms with Gasteiger partial charge in [-0.15, -0.1) is 4.72 Å². The quantitative estimate of drug-likeness (QED) is 0.301. The molecule has 2 aromatic carbocycles. The number of H-pyrrole nitrogens is 1. The zero-order valence-corrected chi connectivity index (χ0v) is 19.8. The zero-order chi connectivity index (χ0) is 23.5. The number of pyridine rings is 1. The van der Waals surface area contributed by atoms with Gasteiger partial charge in [0.25, 0.3) is 0 Å². The Labute approximate surface area is 200 Å². The van der Waals surface area contributed by atoms with Crippen LogP contribution in [0.25, 0.3) is 33.5 Å². The van der Waals surface area contributed by atoms with E-state index in [1.807, 2.05) is 86.8 Å². The van der Waals surface area contributed by atoms with Crippen molar-refractivity contribution < 1.29 is 9.08 Å². The Kier molecular flexibility index (Phi) is 6.44. The van der Waals surface area contributed by atoms with Gasteiger partial charge in [0.05, 0.1) is 17.9 Å². The summed E-state index contributed by atoms with van der Waals surface area (Å²) in [6.07, 6.45) is 4.12. The minimum Gasteiger partial charge on any atom is -0.598 e. The van der Waals surface area contributed by atoms with Crippen LogP contribution in [0.1, 0.15) is 31.1 Å². The van der Waals surface area contributed by atoms with Gasteiger partial charge in [-0.2, -0.15) is 5.10 Å². The number of aromatic amines is 1. The number of rotatable bonds is 8. The number of fused-ring (bicyclic) bond motifs is 1. The van der Waals surface area contributed by atoms with Gasteiger partial charge in [-0.1, -0.05) is 47.6 Å². The van der Waals surface area contributed by atoms with Crippen LogP contribution in [0.15, 0.2) is 83.6 Å². The second-order valence-electron chi connectivity index (χ2n) is 8.34. The Bertz CT molecular complexity index is 1380. The molecule has 0 radical (unpaired) electrons. The maximum atomic E-state index is 12.9. The lowest BCUT2D eigenvalue weighted by Gasteiger charge is -2.24. The van der Waals surface area contributed by atoms with Gasteiger partial charge in [0.2, 0.25) is 0 Å². The molecule has 0 amide bonds. The van der Waals surface area contributed by atoms with Crippen LogP contribution < -0.4 is 4.72 Å². The van der Waals surface area contributed by atoms with Crippen LogP contribution >= 0.6 is 0 Å². The molecule has 0 spiro atoms. The second kappa shape index (κ2) is 9.80. The smallest absolute Gasteiger partial charge is 0.167 e. The molecule has 172 valence electrons. The number of hydrogen-bond donors (Lipinski definition) is 2. The highest BCUT2D eigenvalue weighted by Gasteiger charge is 2.26. The molecule has 0 bridgehead atoms. The molecule has 5 aromatic rings. The molecule has 5 rings (SSSR count). The molecular formula is C26H25N5O2S. The number of nitrogens with zero attached hydrogens (tertiary/aromatic N) is 3. The molecule has 0 aliphatic rings. The molecule has 2 N–H and O–H groups in total. The monoisotopic (exact) mass is 471 g/mol. The molecule has 7 nitrogen and oxygen atoms in total. The lowest BCUT2D eigenvalue weighted by atomic mass is 9.94. The largest absolute Gasteiger partial charge is 0.598 e. The molecule has 0 saturated heterocycles. The first-order valence-electron chi connectivity index (χ1n) is 11.2. The van der Waals surface area contributed by atoms with E-state index < -0.39 is 11.4 Å². The fraction of sp³-hybridized carbons (Fsp3) is 0.192. The summed E-state index contributed by atoms with van der Waals surface area (Å²) in [4.78, 5) is 4.84. The minimum absolute atomic E-state index is 0.0345. The van der Waals surface area contributed by atoms with Crippen molar-refractivity contribution in [1.29, 1.82) is 0 Å². The molecule has 0 fully saturated rings. The topological polar surface area (TPSA) is 103 Å². The minimum atomic E-state index is -1.23. The Morgan fingerprint density at radius 1 is 1.03 bits per heavy atom. The third kappa shape index (κ3) is 4.61. The summed E-state index contributed by atoms with van der Waals surface area (Å²) in [5, 5.41) is 12.1. The van der Waals surface area contributed by atoms with Gasteiger partial charge in [0, 0.05) is 46.2 Å². The van der Waals surface area contributed by atoms with Gasteiger partial charge in [-0.05, 0) is 43.7 Å². The van der Waals surface area contributed by atoms with Crippen LogP contribution in [0.4, 0.5) is 0 Å². The fourth-order valence-corrected chi connectivity index (χ4v) is 4.71. The van der Waals surface area contributed by atoms with Crippen molar-refractivity contribution in [3.63, 3.8) is 0 Å². The highest BCUT2D eigenvalue weighted by atomic mass is 32.2. The molecule has 2 atom stereocenters. The summed E-state index contributed by atoms with van der Waals surface area (Å²) in [7, 11) is 0.